The van der Waals surface area contributed by atoms with Gasteiger partial charge in [0.2, 0.25) is 11.8 Å². The lowest BCUT2D eigenvalue weighted by atomic mass is 9.85. The molecule has 0 spiro atoms. The van der Waals surface area contributed by atoms with E-state index in [1.54, 1.807) is 0 Å². The van der Waals surface area contributed by atoms with Crippen molar-refractivity contribution in [3.8, 4) is 0 Å². The van der Waals surface area contributed by atoms with Gasteiger partial charge in [-0.25, -0.2) is 0 Å². The summed E-state index contributed by atoms with van der Waals surface area (Å²) >= 11 is 5.70. The summed E-state index contributed by atoms with van der Waals surface area (Å²) in [4.78, 5) is 0. The third-order valence-corrected chi connectivity index (χ3v) is 3.91. The van der Waals surface area contributed by atoms with Gasteiger partial charge in [0.05, 0.1) is 5.92 Å². The molecule has 0 saturated carbocycles. The predicted octanol–water partition coefficient (Wildman–Crippen LogP) is 4.42. The molecule has 108 valence electrons. The highest BCUT2D eigenvalue weighted by Crippen LogP contribution is 2.32. The number of nitrogens with zero attached hydrogens (tertiary/aromatic N) is 2. The Labute approximate surface area is 125 Å². The number of hydrogen-bond acceptors (Lipinski definition) is 3. The highest BCUT2D eigenvalue weighted by Gasteiger charge is 2.25. The lowest BCUT2D eigenvalue weighted by molar-refractivity contribution is 0.375. The molecule has 0 aliphatic rings. The maximum absolute atomic E-state index is 5.84. The molecule has 2 atom stereocenters. The first-order valence-corrected chi connectivity index (χ1v) is 7.72. The first-order chi connectivity index (χ1) is 9.76. The summed E-state index contributed by atoms with van der Waals surface area (Å²) in [7, 11) is 0. The quantitative estimate of drug-likeness (QED) is 0.709. The maximum Gasteiger partial charge on any atom is 0.224 e. The molecule has 2 unspecified atom stereocenters. The fraction of sp³-hybridized carbons (Fsp3) is 0.500. The van der Waals surface area contributed by atoms with Crippen molar-refractivity contribution < 1.29 is 4.42 Å². The molecule has 1 heterocycles. The van der Waals surface area contributed by atoms with Crippen LogP contribution >= 0.6 is 11.6 Å². The van der Waals surface area contributed by atoms with Gasteiger partial charge in [-0.2, -0.15) is 0 Å². The van der Waals surface area contributed by atoms with E-state index in [1.807, 2.05) is 6.07 Å². The summed E-state index contributed by atoms with van der Waals surface area (Å²) in [5.74, 6) is 2.64. The number of aromatic nitrogens is 2. The number of benzene rings is 1. The van der Waals surface area contributed by atoms with Crippen LogP contribution in [0.1, 0.15) is 50.0 Å². The second-order valence-electron chi connectivity index (χ2n) is 5.10. The Kier molecular flexibility index (Phi) is 5.60. The zero-order chi connectivity index (χ0) is 14.4. The Balaban J connectivity index is 2.25. The Morgan fingerprint density at radius 3 is 2.60 bits per heavy atom. The molecule has 2 rings (SSSR count). The average molecular weight is 293 g/mol. The molecule has 0 N–H and O–H groups in total. The van der Waals surface area contributed by atoms with Gasteiger partial charge in [-0.1, -0.05) is 50.6 Å². The summed E-state index contributed by atoms with van der Waals surface area (Å²) in [6.45, 7) is 4.41. The first-order valence-electron chi connectivity index (χ1n) is 7.19. The molecule has 1 aromatic heterocycles. The first kappa shape index (κ1) is 15.0. The van der Waals surface area contributed by atoms with Crippen molar-refractivity contribution in [1.82, 2.24) is 10.2 Å². The molecule has 0 bridgehead atoms. The largest absolute Gasteiger partial charge is 0.425 e. The van der Waals surface area contributed by atoms with Gasteiger partial charge in [-0.15, -0.1) is 21.8 Å². The Bertz CT molecular complexity index is 512. The summed E-state index contributed by atoms with van der Waals surface area (Å²) in [5, 5.41) is 8.40. The van der Waals surface area contributed by atoms with Crippen molar-refractivity contribution in [3.63, 3.8) is 0 Å². The summed E-state index contributed by atoms with van der Waals surface area (Å²) in [5.41, 5.74) is 1.23. The van der Waals surface area contributed by atoms with E-state index in [0.29, 0.717) is 17.7 Å². The van der Waals surface area contributed by atoms with Gasteiger partial charge in [0, 0.05) is 12.3 Å². The minimum Gasteiger partial charge on any atom is -0.425 e. The van der Waals surface area contributed by atoms with Gasteiger partial charge in [-0.05, 0) is 17.9 Å². The van der Waals surface area contributed by atoms with E-state index < -0.39 is 0 Å². The van der Waals surface area contributed by atoms with Crippen molar-refractivity contribution >= 4 is 11.6 Å². The van der Waals surface area contributed by atoms with Crippen molar-refractivity contribution in [1.29, 1.82) is 0 Å². The van der Waals surface area contributed by atoms with Crippen LogP contribution in [0.3, 0.4) is 0 Å². The van der Waals surface area contributed by atoms with Crippen molar-refractivity contribution in [2.45, 2.75) is 39.0 Å². The van der Waals surface area contributed by atoms with Crippen LogP contribution < -0.4 is 0 Å². The highest BCUT2D eigenvalue weighted by molar-refractivity contribution is 6.17. The Hall–Kier alpha value is -1.35. The normalized spacial score (nSPS) is 14.2. The number of rotatable bonds is 7. The second-order valence-corrected chi connectivity index (χ2v) is 5.48. The fourth-order valence-corrected chi connectivity index (χ4v) is 2.46. The van der Waals surface area contributed by atoms with Crippen LogP contribution in [0.2, 0.25) is 0 Å². The molecule has 1 aromatic carbocycles. The number of aryl methyl sites for hydroxylation is 1. The number of halogens is 1. The van der Waals surface area contributed by atoms with Gasteiger partial charge in [0.15, 0.2) is 0 Å². The van der Waals surface area contributed by atoms with Crippen LogP contribution in [-0.4, -0.2) is 16.1 Å². The van der Waals surface area contributed by atoms with Crippen molar-refractivity contribution in [2.24, 2.45) is 5.92 Å². The van der Waals surface area contributed by atoms with E-state index in [4.69, 9.17) is 16.0 Å². The highest BCUT2D eigenvalue weighted by atomic mass is 35.5. The fourth-order valence-electron chi connectivity index (χ4n) is 2.32. The molecule has 0 fully saturated rings. The molecule has 0 aliphatic heterocycles. The number of alkyl halides is 1. The maximum atomic E-state index is 5.84. The van der Waals surface area contributed by atoms with E-state index in [2.05, 4.69) is 48.3 Å². The third-order valence-electron chi connectivity index (χ3n) is 3.64. The molecular weight excluding hydrogens is 272 g/mol. The van der Waals surface area contributed by atoms with Gasteiger partial charge in [0.25, 0.3) is 0 Å². The van der Waals surface area contributed by atoms with Gasteiger partial charge >= 0.3 is 0 Å². The molecule has 0 saturated heterocycles. The Morgan fingerprint density at radius 1 is 1.20 bits per heavy atom. The van der Waals surface area contributed by atoms with Crippen LogP contribution in [0.4, 0.5) is 0 Å². The topological polar surface area (TPSA) is 38.9 Å². The zero-order valence-corrected chi connectivity index (χ0v) is 12.8. The van der Waals surface area contributed by atoms with E-state index in [0.717, 1.165) is 25.2 Å². The lowest BCUT2D eigenvalue weighted by Gasteiger charge is -2.19. The average Bonchev–Trinajstić information content (AvgIpc) is 2.94. The smallest absolute Gasteiger partial charge is 0.224 e. The van der Waals surface area contributed by atoms with E-state index >= 15 is 0 Å². The molecule has 2 aromatic rings. The van der Waals surface area contributed by atoms with Crippen LogP contribution in [-0.2, 0) is 6.42 Å². The standard InChI is InChI=1S/C16H21ClN2O/c1-3-12(2)15(13-8-5-4-6-9-13)16-19-18-14(20-16)10-7-11-17/h4-6,8-9,12,15H,3,7,10-11H2,1-2H3. The SMILES string of the molecule is CCC(C)C(c1ccccc1)c1nnc(CCCCl)o1. The number of hydrogen-bond donors (Lipinski definition) is 0. The minimum atomic E-state index is 0.165. The van der Waals surface area contributed by atoms with E-state index in [-0.39, 0.29) is 5.92 Å². The summed E-state index contributed by atoms with van der Waals surface area (Å²) in [6, 6.07) is 10.4. The van der Waals surface area contributed by atoms with Crippen LogP contribution in [0.15, 0.2) is 34.7 Å². The van der Waals surface area contributed by atoms with Crippen LogP contribution in [0.25, 0.3) is 0 Å². The zero-order valence-electron chi connectivity index (χ0n) is 12.1. The molecular formula is C16H21ClN2O. The van der Waals surface area contributed by atoms with Gasteiger partial charge in [-0.3, -0.25) is 0 Å². The van der Waals surface area contributed by atoms with Gasteiger partial charge < -0.3 is 4.42 Å². The Morgan fingerprint density at radius 2 is 1.95 bits per heavy atom. The van der Waals surface area contributed by atoms with Crippen molar-refractivity contribution in [3.05, 3.63) is 47.7 Å². The minimum absolute atomic E-state index is 0.165. The molecule has 4 heteroatoms. The molecule has 20 heavy (non-hydrogen) atoms. The van der Waals surface area contributed by atoms with E-state index in [9.17, 15) is 0 Å². The van der Waals surface area contributed by atoms with Gasteiger partial charge in [0.1, 0.15) is 0 Å². The lowest BCUT2D eigenvalue weighted by Crippen LogP contribution is -2.11. The van der Waals surface area contributed by atoms with Crippen LogP contribution in [0, 0.1) is 5.92 Å². The summed E-state index contributed by atoms with van der Waals surface area (Å²) < 4.78 is 5.84. The molecule has 0 aliphatic carbocycles. The molecule has 3 nitrogen and oxygen atoms in total. The monoisotopic (exact) mass is 292 g/mol. The van der Waals surface area contributed by atoms with E-state index in [1.165, 1.54) is 5.56 Å². The second kappa shape index (κ2) is 7.44. The predicted molar refractivity (Wildman–Crippen MR) is 81.1 cm³/mol. The molecule has 0 amide bonds. The van der Waals surface area contributed by atoms with Crippen LogP contribution in [0.5, 0.6) is 0 Å². The van der Waals surface area contributed by atoms with Crippen molar-refractivity contribution in [2.75, 3.05) is 5.88 Å². The third kappa shape index (κ3) is 3.60. The summed E-state index contributed by atoms with van der Waals surface area (Å²) in [6.07, 6.45) is 2.68. The molecule has 0 radical (unpaired) electrons.